The van der Waals surface area contributed by atoms with E-state index >= 15 is 0 Å². The molecule has 0 unspecified atom stereocenters. The summed E-state index contributed by atoms with van der Waals surface area (Å²) in [5.41, 5.74) is 4.33. The molecule has 0 bridgehead atoms. The maximum Gasteiger partial charge on any atom is 0.161 e. The van der Waals surface area contributed by atoms with E-state index in [2.05, 4.69) is 22.3 Å². The van der Waals surface area contributed by atoms with Crippen molar-refractivity contribution in [2.24, 2.45) is 10.8 Å². The summed E-state index contributed by atoms with van der Waals surface area (Å²) in [6, 6.07) is 11.9. The molecule has 0 aliphatic rings. The molecular weight excluding hydrogens is 212 g/mol. The van der Waals surface area contributed by atoms with E-state index < -0.39 is 0 Å². The van der Waals surface area contributed by atoms with Crippen LogP contribution in [-0.4, -0.2) is 17.4 Å². The van der Waals surface area contributed by atoms with E-state index in [1.807, 2.05) is 36.4 Å². The van der Waals surface area contributed by atoms with E-state index in [9.17, 15) is 0 Å². The average Bonchev–Trinajstić information content (AvgIpc) is 2.39. The van der Waals surface area contributed by atoms with Gasteiger partial charge in [0.2, 0.25) is 0 Å². The van der Waals surface area contributed by atoms with Gasteiger partial charge in [0.05, 0.1) is 5.52 Å². The van der Waals surface area contributed by atoms with Crippen LogP contribution in [0.5, 0.6) is 0 Å². The van der Waals surface area contributed by atoms with Crippen LogP contribution in [-0.2, 0) is 0 Å². The van der Waals surface area contributed by atoms with Crippen LogP contribution < -0.4 is 11.3 Å². The minimum absolute atomic E-state index is 0.637. The first-order chi connectivity index (χ1) is 8.35. The first-order valence-corrected chi connectivity index (χ1v) is 5.72. The zero-order valence-corrected chi connectivity index (χ0v) is 9.85. The molecule has 17 heavy (non-hydrogen) atoms. The van der Waals surface area contributed by atoms with Crippen molar-refractivity contribution in [3.8, 4) is 0 Å². The van der Waals surface area contributed by atoms with E-state index in [4.69, 9.17) is 5.84 Å². The highest BCUT2D eigenvalue weighted by atomic mass is 15.3. The molecule has 0 aliphatic carbocycles. The Kier molecular flexibility index (Phi) is 3.67. The third kappa shape index (κ3) is 2.60. The zero-order chi connectivity index (χ0) is 12.1. The monoisotopic (exact) mass is 228 g/mol. The number of aliphatic imine (C=N–C) groups is 1. The Bertz CT molecular complexity index is 534. The topological polar surface area (TPSA) is 63.3 Å². The molecule has 2 aromatic rings. The predicted molar refractivity (Wildman–Crippen MR) is 70.8 cm³/mol. The number of pyridine rings is 1. The molecular formula is C13H16N4. The van der Waals surface area contributed by atoms with Crippen LogP contribution in [0.4, 0.5) is 0 Å². The number of rotatable bonds is 3. The number of hydrogen-bond donors (Lipinski definition) is 2. The lowest BCUT2D eigenvalue weighted by Crippen LogP contribution is -2.32. The molecule has 0 spiro atoms. The Hall–Kier alpha value is -1.94. The fraction of sp³-hybridized carbons (Fsp3) is 0.231. The maximum atomic E-state index is 5.47. The normalized spacial score (nSPS) is 11.8. The lowest BCUT2D eigenvalue weighted by Gasteiger charge is -2.06. The number of nitrogens with zero attached hydrogens (tertiary/aromatic N) is 2. The lowest BCUT2D eigenvalue weighted by molar-refractivity contribution is 0.905. The summed E-state index contributed by atoms with van der Waals surface area (Å²) in [6.07, 6.45) is 0.985. The predicted octanol–water partition coefficient (Wildman–Crippen LogP) is 1.85. The van der Waals surface area contributed by atoms with E-state index in [-0.39, 0.29) is 0 Å². The van der Waals surface area contributed by atoms with Gasteiger partial charge in [0.25, 0.3) is 0 Å². The highest BCUT2D eigenvalue weighted by Crippen LogP contribution is 2.11. The highest BCUT2D eigenvalue weighted by molar-refractivity contribution is 5.98. The van der Waals surface area contributed by atoms with Crippen LogP contribution >= 0.6 is 0 Å². The van der Waals surface area contributed by atoms with Crippen molar-refractivity contribution in [2.45, 2.75) is 13.3 Å². The van der Waals surface area contributed by atoms with Crippen molar-refractivity contribution in [1.29, 1.82) is 0 Å². The molecule has 4 nitrogen and oxygen atoms in total. The summed E-state index contributed by atoms with van der Waals surface area (Å²) >= 11 is 0. The van der Waals surface area contributed by atoms with Gasteiger partial charge >= 0.3 is 0 Å². The number of para-hydroxylation sites is 1. The average molecular weight is 228 g/mol. The number of fused-ring (bicyclic) bond motifs is 1. The van der Waals surface area contributed by atoms with Gasteiger partial charge in [-0.05, 0) is 18.6 Å². The summed E-state index contributed by atoms with van der Waals surface area (Å²) in [7, 11) is 0. The third-order valence-electron chi connectivity index (χ3n) is 2.47. The highest BCUT2D eigenvalue weighted by Gasteiger charge is 2.03. The molecule has 0 radical (unpaired) electrons. The van der Waals surface area contributed by atoms with Gasteiger partial charge < -0.3 is 5.43 Å². The smallest absolute Gasteiger partial charge is 0.161 e. The number of nitrogens with two attached hydrogens (primary N) is 1. The second-order valence-corrected chi connectivity index (χ2v) is 3.76. The SMILES string of the molecule is CCCN=C(NN)c1ccc2ccccc2n1. The van der Waals surface area contributed by atoms with Crippen LogP contribution in [0, 0.1) is 0 Å². The third-order valence-corrected chi connectivity index (χ3v) is 2.47. The lowest BCUT2D eigenvalue weighted by atomic mass is 10.2. The van der Waals surface area contributed by atoms with Gasteiger partial charge in [0.1, 0.15) is 5.69 Å². The van der Waals surface area contributed by atoms with Gasteiger partial charge in [-0.1, -0.05) is 31.2 Å². The quantitative estimate of drug-likeness (QED) is 0.365. The number of nitrogens with one attached hydrogen (secondary N) is 1. The number of amidine groups is 1. The fourth-order valence-corrected chi connectivity index (χ4v) is 1.62. The summed E-state index contributed by atoms with van der Waals surface area (Å²) < 4.78 is 0. The molecule has 0 amide bonds. The van der Waals surface area contributed by atoms with Gasteiger partial charge in [-0.15, -0.1) is 0 Å². The molecule has 1 heterocycles. The number of hydrogen-bond acceptors (Lipinski definition) is 3. The van der Waals surface area contributed by atoms with Gasteiger partial charge in [0.15, 0.2) is 5.84 Å². The zero-order valence-electron chi connectivity index (χ0n) is 9.85. The number of hydrazine groups is 1. The molecule has 1 aromatic heterocycles. The molecule has 0 saturated heterocycles. The molecule has 4 heteroatoms. The standard InChI is InChI=1S/C13H16N4/c1-2-9-15-13(17-14)12-8-7-10-5-3-4-6-11(10)16-12/h3-8H,2,9,14H2,1H3,(H,15,17). The first kappa shape index (κ1) is 11.5. The minimum atomic E-state index is 0.637. The van der Waals surface area contributed by atoms with Crippen molar-refractivity contribution in [1.82, 2.24) is 10.4 Å². The molecule has 0 aliphatic heterocycles. The molecule has 2 rings (SSSR count). The Morgan fingerprint density at radius 3 is 2.88 bits per heavy atom. The van der Waals surface area contributed by atoms with Crippen molar-refractivity contribution in [3.63, 3.8) is 0 Å². The molecule has 0 fully saturated rings. The fourth-order valence-electron chi connectivity index (χ4n) is 1.62. The molecule has 1 aromatic carbocycles. The Morgan fingerprint density at radius 2 is 2.12 bits per heavy atom. The Morgan fingerprint density at radius 1 is 1.29 bits per heavy atom. The summed E-state index contributed by atoms with van der Waals surface area (Å²) in [5, 5.41) is 1.11. The largest absolute Gasteiger partial charge is 0.307 e. The van der Waals surface area contributed by atoms with Gasteiger partial charge in [-0.25, -0.2) is 10.8 Å². The van der Waals surface area contributed by atoms with Crippen molar-refractivity contribution >= 4 is 16.7 Å². The molecule has 0 saturated carbocycles. The van der Waals surface area contributed by atoms with Gasteiger partial charge in [-0.3, -0.25) is 4.99 Å². The number of benzene rings is 1. The number of aromatic nitrogens is 1. The van der Waals surface area contributed by atoms with Crippen LogP contribution in [0.2, 0.25) is 0 Å². The summed E-state index contributed by atoms with van der Waals surface area (Å²) in [6.45, 7) is 2.82. The van der Waals surface area contributed by atoms with E-state index in [1.165, 1.54) is 0 Å². The minimum Gasteiger partial charge on any atom is -0.307 e. The first-order valence-electron chi connectivity index (χ1n) is 5.72. The Balaban J connectivity index is 2.41. The van der Waals surface area contributed by atoms with Crippen LogP contribution in [0.25, 0.3) is 10.9 Å². The van der Waals surface area contributed by atoms with Crippen molar-refractivity contribution < 1.29 is 0 Å². The summed E-state index contributed by atoms with van der Waals surface area (Å²) in [5.74, 6) is 6.11. The van der Waals surface area contributed by atoms with Crippen LogP contribution in [0.1, 0.15) is 19.0 Å². The molecule has 88 valence electrons. The van der Waals surface area contributed by atoms with E-state index in [0.29, 0.717) is 5.84 Å². The maximum absolute atomic E-state index is 5.47. The summed E-state index contributed by atoms with van der Waals surface area (Å²) in [4.78, 5) is 8.88. The second-order valence-electron chi connectivity index (χ2n) is 3.76. The molecule has 3 N–H and O–H groups in total. The Labute approximate surface area is 101 Å². The molecule has 0 atom stereocenters. The van der Waals surface area contributed by atoms with Gasteiger partial charge in [0, 0.05) is 11.9 Å². The van der Waals surface area contributed by atoms with E-state index in [0.717, 1.165) is 29.6 Å². The van der Waals surface area contributed by atoms with Crippen molar-refractivity contribution in [2.75, 3.05) is 6.54 Å². The van der Waals surface area contributed by atoms with Gasteiger partial charge in [-0.2, -0.15) is 0 Å². The van der Waals surface area contributed by atoms with Crippen LogP contribution in [0.15, 0.2) is 41.4 Å². The van der Waals surface area contributed by atoms with Crippen LogP contribution in [0.3, 0.4) is 0 Å². The van der Waals surface area contributed by atoms with E-state index in [1.54, 1.807) is 0 Å². The second kappa shape index (κ2) is 5.41. The van der Waals surface area contributed by atoms with Crippen molar-refractivity contribution in [3.05, 3.63) is 42.1 Å².